The molecule has 0 bridgehead atoms. The minimum Gasteiger partial charge on any atom is -0.496 e. The Morgan fingerprint density at radius 2 is 0.704 bits per heavy atom. The van der Waals surface area contributed by atoms with Crippen molar-refractivity contribution in [3.63, 3.8) is 0 Å². The van der Waals surface area contributed by atoms with Crippen LogP contribution < -0.4 is 9.47 Å². The number of methoxy groups -OCH3 is 2. The predicted molar refractivity (Wildman–Crippen MR) is 313 cm³/mol. The molecule has 2 N–H and O–H groups in total. The molecule has 0 amide bonds. The number of carbonyl (C=O) groups is 2. The largest absolute Gasteiger partial charge is 0.496 e. The summed E-state index contributed by atoms with van der Waals surface area (Å²) >= 11 is 0. The number of halogens is 20. The maximum Gasteiger partial charge on any atom is 0.416 e. The SMILES string of the molecule is COc1cc(F)c(-c2ccc(C(=O)O)cc2C)cc1-c1ccc(C(F)(F)F)cc1CC1=NO[C@@H](c2cc(C(F)(F)F)cc(C(F)(F)F)c2)C1.COc1cc(F)c(-c2ccc(C(=O)O)cc2C)cc1-c1ccc(C(F)(F)F)cc1CC1=NO[C@H](c2cc(C(F)(F)F)cc(C(F)(F)F)c2)C1. The number of ether oxygens (including phenoxy) is 2. The molecule has 10 rings (SSSR count). The zero-order valence-electron chi connectivity index (χ0n) is 50.5. The van der Waals surface area contributed by atoms with E-state index in [1.54, 1.807) is 13.8 Å². The number of rotatable bonds is 14. The molecular weight excluding hydrogens is 1350 g/mol. The van der Waals surface area contributed by atoms with E-state index in [-0.39, 0.29) is 127 Å². The van der Waals surface area contributed by atoms with Gasteiger partial charge in [-0.1, -0.05) is 34.6 Å². The number of aromatic carboxylic acids is 2. The lowest BCUT2D eigenvalue weighted by molar-refractivity contribution is -0.144. The summed E-state index contributed by atoms with van der Waals surface area (Å²) < 4.78 is 286. The smallest absolute Gasteiger partial charge is 0.416 e. The highest BCUT2D eigenvalue weighted by atomic mass is 19.4. The van der Waals surface area contributed by atoms with Gasteiger partial charge in [-0.05, 0) is 167 Å². The number of hydrogen-bond acceptors (Lipinski definition) is 8. The number of alkyl halides is 18. The first kappa shape index (κ1) is 72.1. The van der Waals surface area contributed by atoms with E-state index >= 15 is 8.78 Å². The fourth-order valence-corrected chi connectivity index (χ4v) is 11.0. The monoisotopic (exact) mass is 1400 g/mol. The molecule has 0 fully saturated rings. The molecule has 0 saturated carbocycles. The molecule has 98 heavy (non-hydrogen) atoms. The number of carboxylic acid groups (broad SMARTS) is 2. The predicted octanol–water partition coefficient (Wildman–Crippen LogP) is 20.6. The van der Waals surface area contributed by atoms with Crippen molar-refractivity contribution in [2.24, 2.45) is 10.3 Å². The van der Waals surface area contributed by atoms with E-state index in [9.17, 15) is 98.8 Å². The Morgan fingerprint density at radius 1 is 0.398 bits per heavy atom. The highest BCUT2D eigenvalue weighted by Gasteiger charge is 2.42. The standard InChI is InChI=1S/2C34H23F10NO4/c2*1-16-7-17(31(46)47)3-5-24(16)26-14-27(30(48-2)15-28(26)35)25-6-4-20(32(36,37)38)8-18(25)11-23-13-29(49-45-23)19-9-21(33(39,40)41)12-22(10-19)34(42,43)44/h2*3-10,12,14-15,29H,11,13H2,1-2H3,(H,46,47)/t2*29-/m10/s1. The summed E-state index contributed by atoms with van der Waals surface area (Å²) in [7, 11) is 2.41. The minimum absolute atomic E-state index is 0.0120. The molecule has 2 atom stereocenters. The summed E-state index contributed by atoms with van der Waals surface area (Å²) in [4.78, 5) is 33.2. The molecule has 516 valence electrons. The molecule has 2 heterocycles. The second kappa shape index (κ2) is 27.0. The van der Waals surface area contributed by atoms with Gasteiger partial charge in [0.1, 0.15) is 23.1 Å². The van der Waals surface area contributed by atoms with Gasteiger partial charge in [-0.25, -0.2) is 18.4 Å². The molecule has 0 aliphatic carbocycles. The van der Waals surface area contributed by atoms with Gasteiger partial charge in [-0.3, -0.25) is 0 Å². The van der Waals surface area contributed by atoms with Crippen molar-refractivity contribution in [1.29, 1.82) is 0 Å². The Balaban J connectivity index is 0.000000229. The molecule has 8 aromatic carbocycles. The van der Waals surface area contributed by atoms with Crippen LogP contribution in [0.4, 0.5) is 87.8 Å². The average molecular weight is 1400 g/mol. The van der Waals surface area contributed by atoms with E-state index in [0.717, 1.165) is 48.5 Å². The Morgan fingerprint density at radius 3 is 0.980 bits per heavy atom. The second-order valence-electron chi connectivity index (χ2n) is 22.4. The number of carboxylic acids is 2. The van der Waals surface area contributed by atoms with Crippen molar-refractivity contribution >= 4 is 23.4 Å². The number of nitrogens with zero attached hydrogens (tertiary/aromatic N) is 2. The maximum absolute atomic E-state index is 15.4. The van der Waals surface area contributed by atoms with Crippen LogP contribution in [-0.4, -0.2) is 47.8 Å². The Labute approximate surface area is 540 Å². The molecule has 0 aromatic heterocycles. The molecule has 0 unspecified atom stereocenters. The molecule has 8 aromatic rings. The molecule has 0 spiro atoms. The third-order valence-electron chi connectivity index (χ3n) is 15.8. The van der Waals surface area contributed by atoms with Gasteiger partial charge in [-0.15, -0.1) is 0 Å². The molecule has 2 aliphatic rings. The van der Waals surface area contributed by atoms with E-state index in [4.69, 9.17) is 19.1 Å². The van der Waals surface area contributed by atoms with Gasteiger partial charge in [0.25, 0.3) is 0 Å². The fourth-order valence-electron chi connectivity index (χ4n) is 11.0. The van der Waals surface area contributed by atoms with E-state index in [1.807, 2.05) is 0 Å². The van der Waals surface area contributed by atoms with Crippen LogP contribution in [0.2, 0.25) is 0 Å². The van der Waals surface area contributed by atoms with E-state index in [2.05, 4.69) is 10.3 Å². The Kier molecular flexibility index (Phi) is 19.9. The normalized spacial score (nSPS) is 15.2. The molecule has 30 heteroatoms. The Hall–Kier alpha value is -10.2. The van der Waals surface area contributed by atoms with Crippen LogP contribution in [0.5, 0.6) is 11.5 Å². The summed E-state index contributed by atoms with van der Waals surface area (Å²) in [6, 6.07) is 19.9. The highest BCUT2D eigenvalue weighted by Crippen LogP contribution is 2.47. The third-order valence-corrected chi connectivity index (χ3v) is 15.8. The lowest BCUT2D eigenvalue weighted by atomic mass is 9.89. The first-order chi connectivity index (χ1) is 45.5. The summed E-state index contributed by atoms with van der Waals surface area (Å²) in [5, 5.41) is 26.2. The van der Waals surface area contributed by atoms with Gasteiger partial charge < -0.3 is 29.4 Å². The van der Waals surface area contributed by atoms with Crippen LogP contribution in [0.25, 0.3) is 44.5 Å². The van der Waals surface area contributed by atoms with Crippen molar-refractivity contribution in [3.8, 4) is 56.0 Å². The molecule has 10 nitrogen and oxygen atoms in total. The highest BCUT2D eigenvalue weighted by molar-refractivity contribution is 5.94. The molecular formula is C68H46F20N2O8. The lowest BCUT2D eigenvalue weighted by Crippen LogP contribution is -2.13. The minimum atomic E-state index is -5.12. The van der Waals surface area contributed by atoms with Crippen molar-refractivity contribution in [3.05, 3.63) is 223 Å². The quantitative estimate of drug-likeness (QED) is 0.103. The summed E-state index contributed by atoms with van der Waals surface area (Å²) in [6.45, 7) is 3.09. The zero-order valence-corrected chi connectivity index (χ0v) is 50.5. The molecule has 0 radical (unpaired) electrons. The summed E-state index contributed by atoms with van der Waals surface area (Å²) in [5.41, 5.74) is -7.75. The van der Waals surface area contributed by atoms with E-state index in [1.165, 1.54) is 62.8 Å². The van der Waals surface area contributed by atoms with Gasteiger partial charge in [0.15, 0.2) is 12.2 Å². The van der Waals surface area contributed by atoms with Crippen LogP contribution in [0.15, 0.2) is 144 Å². The third kappa shape index (κ3) is 16.1. The lowest BCUT2D eigenvalue weighted by Gasteiger charge is -2.18. The van der Waals surface area contributed by atoms with Crippen LogP contribution in [0, 0.1) is 25.5 Å². The van der Waals surface area contributed by atoms with Gasteiger partial charge in [-0.2, -0.15) is 79.0 Å². The van der Waals surface area contributed by atoms with Gasteiger partial charge >= 0.3 is 49.0 Å². The number of aryl methyl sites for hydroxylation is 2. The van der Waals surface area contributed by atoms with Crippen LogP contribution in [-0.2, 0) is 59.6 Å². The van der Waals surface area contributed by atoms with Crippen LogP contribution in [0.1, 0.15) is 113 Å². The van der Waals surface area contributed by atoms with E-state index in [0.29, 0.717) is 35.4 Å². The number of hydrogen-bond donors (Lipinski definition) is 2. The van der Waals surface area contributed by atoms with Crippen LogP contribution >= 0.6 is 0 Å². The second-order valence-corrected chi connectivity index (χ2v) is 22.4. The molecule has 2 aliphatic heterocycles. The van der Waals surface area contributed by atoms with Gasteiger partial charge in [0, 0.05) is 60.1 Å². The number of oxime groups is 2. The Bertz CT molecular complexity index is 4140. The first-order valence-electron chi connectivity index (χ1n) is 28.4. The summed E-state index contributed by atoms with van der Waals surface area (Å²) in [6.07, 6.45) is -34.4. The maximum atomic E-state index is 15.4. The van der Waals surface area contributed by atoms with Crippen molar-refractivity contribution in [2.75, 3.05) is 14.2 Å². The average Bonchev–Trinajstić information content (AvgIpc) is 0.936. The zero-order chi connectivity index (χ0) is 72.1. The topological polar surface area (TPSA) is 136 Å². The van der Waals surface area contributed by atoms with Crippen molar-refractivity contribution in [2.45, 2.75) is 88.8 Å². The van der Waals surface area contributed by atoms with Crippen LogP contribution in [0.3, 0.4) is 0 Å². The van der Waals surface area contributed by atoms with Crippen molar-refractivity contribution < 1.29 is 127 Å². The summed E-state index contributed by atoms with van der Waals surface area (Å²) in [5.74, 6) is -4.14. The number of benzene rings is 8. The van der Waals surface area contributed by atoms with Crippen molar-refractivity contribution in [1.82, 2.24) is 0 Å². The molecule has 0 saturated heterocycles. The van der Waals surface area contributed by atoms with Gasteiger partial charge in [0.2, 0.25) is 0 Å². The first-order valence-corrected chi connectivity index (χ1v) is 28.4. The fraction of sp³-hybridized carbons (Fsp3) is 0.235. The van der Waals surface area contributed by atoms with E-state index < -0.39 is 117 Å². The van der Waals surface area contributed by atoms with Gasteiger partial charge in [0.05, 0.1) is 70.2 Å².